The van der Waals surface area contributed by atoms with Crippen molar-refractivity contribution >= 4 is 23.1 Å². The van der Waals surface area contributed by atoms with Crippen LogP contribution in [0, 0.1) is 0 Å². The van der Waals surface area contributed by atoms with Crippen LogP contribution in [0.15, 0.2) is 72.3 Å². The quantitative estimate of drug-likeness (QED) is 0.360. The van der Waals surface area contributed by atoms with Crippen molar-refractivity contribution in [2.45, 2.75) is 12.5 Å². The van der Waals surface area contributed by atoms with Gasteiger partial charge in [0.05, 0.1) is 31.0 Å². The minimum atomic E-state index is -0.960. The summed E-state index contributed by atoms with van der Waals surface area (Å²) in [5.41, 5.74) is 2.02. The van der Waals surface area contributed by atoms with Gasteiger partial charge in [-0.3, -0.25) is 14.5 Å². The van der Waals surface area contributed by atoms with Crippen molar-refractivity contribution in [3.8, 4) is 17.2 Å². The molecule has 0 aromatic heterocycles. The Morgan fingerprint density at radius 1 is 1.06 bits per heavy atom. The van der Waals surface area contributed by atoms with Gasteiger partial charge in [-0.1, -0.05) is 24.3 Å². The zero-order valence-corrected chi connectivity index (χ0v) is 17.8. The molecule has 7 nitrogen and oxygen atoms in total. The van der Waals surface area contributed by atoms with E-state index in [2.05, 4.69) is 0 Å². The van der Waals surface area contributed by atoms with E-state index in [4.69, 9.17) is 9.47 Å². The molecule has 1 fully saturated rings. The van der Waals surface area contributed by atoms with Crippen molar-refractivity contribution < 1.29 is 29.3 Å². The molecule has 5 rings (SSSR count). The lowest BCUT2D eigenvalue weighted by molar-refractivity contribution is -0.132. The smallest absolute Gasteiger partial charge is 0.300 e. The van der Waals surface area contributed by atoms with E-state index in [1.165, 1.54) is 18.1 Å². The number of phenols is 1. The Bertz CT molecular complexity index is 1310. The maximum absolute atomic E-state index is 13.2. The first-order valence-electron chi connectivity index (χ1n) is 10.5. The van der Waals surface area contributed by atoms with Gasteiger partial charge in [0.1, 0.15) is 23.0 Å². The Balaban J connectivity index is 1.73. The van der Waals surface area contributed by atoms with Crippen LogP contribution in [0.5, 0.6) is 17.2 Å². The van der Waals surface area contributed by atoms with Gasteiger partial charge >= 0.3 is 0 Å². The highest BCUT2D eigenvalue weighted by molar-refractivity contribution is 6.51. The van der Waals surface area contributed by atoms with Crippen LogP contribution in [0.2, 0.25) is 0 Å². The lowest BCUT2D eigenvalue weighted by Crippen LogP contribution is -2.29. The Morgan fingerprint density at radius 2 is 1.88 bits per heavy atom. The average Bonchev–Trinajstić information content (AvgIpc) is 3.41. The van der Waals surface area contributed by atoms with E-state index in [0.717, 1.165) is 11.3 Å². The number of aliphatic hydroxyl groups excluding tert-OH is 1. The maximum Gasteiger partial charge on any atom is 0.300 e. The first kappa shape index (κ1) is 20.6. The SMILES string of the molecule is COc1cccc(C2/C(=C(/O)c3ccc4c(c3)CCO4)C(=O)C(=O)N2c2ccccc2O)c1. The fourth-order valence-electron chi connectivity index (χ4n) is 4.37. The molecule has 33 heavy (non-hydrogen) atoms. The highest BCUT2D eigenvalue weighted by Crippen LogP contribution is 2.45. The molecule has 2 N–H and O–H groups in total. The molecule has 3 aromatic carbocycles. The number of amides is 1. The topological polar surface area (TPSA) is 96.3 Å². The zero-order chi connectivity index (χ0) is 23.1. The first-order chi connectivity index (χ1) is 16.0. The van der Waals surface area contributed by atoms with Crippen LogP contribution in [0.4, 0.5) is 5.69 Å². The minimum Gasteiger partial charge on any atom is -0.507 e. The van der Waals surface area contributed by atoms with Crippen molar-refractivity contribution in [3.05, 3.63) is 89.0 Å². The first-order valence-corrected chi connectivity index (χ1v) is 10.5. The summed E-state index contributed by atoms with van der Waals surface area (Å²) in [5, 5.41) is 21.7. The molecule has 2 heterocycles. The van der Waals surface area contributed by atoms with E-state index in [1.807, 2.05) is 0 Å². The lowest BCUT2D eigenvalue weighted by atomic mass is 9.94. The van der Waals surface area contributed by atoms with Crippen molar-refractivity contribution in [1.29, 1.82) is 0 Å². The zero-order valence-electron chi connectivity index (χ0n) is 17.8. The highest BCUT2D eigenvalue weighted by atomic mass is 16.5. The fourth-order valence-corrected chi connectivity index (χ4v) is 4.37. The molecule has 2 aliphatic rings. The Hall–Kier alpha value is -4.26. The Morgan fingerprint density at radius 3 is 2.67 bits per heavy atom. The second kappa shape index (κ2) is 8.02. The summed E-state index contributed by atoms with van der Waals surface area (Å²) in [5.74, 6) is -0.831. The van der Waals surface area contributed by atoms with Gasteiger partial charge in [0.25, 0.3) is 11.7 Å². The number of fused-ring (bicyclic) bond motifs is 1. The summed E-state index contributed by atoms with van der Waals surface area (Å²) < 4.78 is 10.9. The second-order valence-electron chi connectivity index (χ2n) is 7.86. The van der Waals surface area contributed by atoms with Gasteiger partial charge in [-0.2, -0.15) is 0 Å². The predicted molar refractivity (Wildman–Crippen MR) is 122 cm³/mol. The molecule has 7 heteroatoms. The van der Waals surface area contributed by atoms with E-state index in [1.54, 1.807) is 60.7 Å². The number of rotatable bonds is 4. The Labute approximate surface area is 190 Å². The van der Waals surface area contributed by atoms with Crippen LogP contribution in [0.3, 0.4) is 0 Å². The van der Waals surface area contributed by atoms with Crippen LogP contribution < -0.4 is 14.4 Å². The number of phenolic OH excluding ortho intramolecular Hbond substituents is 1. The van der Waals surface area contributed by atoms with E-state index < -0.39 is 17.7 Å². The number of anilines is 1. The third-order valence-electron chi connectivity index (χ3n) is 5.96. The van der Waals surface area contributed by atoms with Gasteiger partial charge in [-0.15, -0.1) is 0 Å². The number of aromatic hydroxyl groups is 1. The maximum atomic E-state index is 13.2. The number of carbonyl (C=O) groups excluding carboxylic acids is 2. The molecule has 1 amide bonds. The number of hydrogen-bond acceptors (Lipinski definition) is 6. The van der Waals surface area contributed by atoms with Crippen molar-refractivity contribution in [2.75, 3.05) is 18.6 Å². The van der Waals surface area contributed by atoms with Crippen LogP contribution in [-0.2, 0) is 16.0 Å². The van der Waals surface area contributed by atoms with Crippen LogP contribution >= 0.6 is 0 Å². The molecule has 166 valence electrons. The minimum absolute atomic E-state index is 0.0598. The number of hydrogen-bond donors (Lipinski definition) is 2. The molecular formula is C26H21NO6. The molecule has 0 bridgehead atoms. The molecule has 1 atom stereocenters. The van der Waals surface area contributed by atoms with Gasteiger partial charge in [0, 0.05) is 12.0 Å². The summed E-state index contributed by atoms with van der Waals surface area (Å²) >= 11 is 0. The Kier molecular flexibility index (Phi) is 5.01. The monoisotopic (exact) mass is 443 g/mol. The number of para-hydroxylation sites is 2. The largest absolute Gasteiger partial charge is 0.507 e. The predicted octanol–water partition coefficient (Wildman–Crippen LogP) is 3.96. The summed E-state index contributed by atoms with van der Waals surface area (Å²) in [6.07, 6.45) is 0.696. The number of ketones is 1. The molecular weight excluding hydrogens is 422 g/mol. The normalized spacial score (nSPS) is 18.8. The fraction of sp³-hybridized carbons (Fsp3) is 0.154. The van der Waals surface area contributed by atoms with Crippen LogP contribution in [-0.4, -0.2) is 35.6 Å². The lowest BCUT2D eigenvalue weighted by Gasteiger charge is -2.26. The number of nitrogens with zero attached hydrogens (tertiary/aromatic N) is 1. The van der Waals surface area contributed by atoms with E-state index in [9.17, 15) is 19.8 Å². The van der Waals surface area contributed by atoms with E-state index in [0.29, 0.717) is 29.9 Å². The van der Waals surface area contributed by atoms with E-state index >= 15 is 0 Å². The molecule has 1 unspecified atom stereocenters. The molecule has 0 aliphatic carbocycles. The summed E-state index contributed by atoms with van der Waals surface area (Å²) in [6, 6.07) is 17.4. The van der Waals surface area contributed by atoms with Crippen molar-refractivity contribution in [3.63, 3.8) is 0 Å². The van der Waals surface area contributed by atoms with Gasteiger partial charge in [-0.25, -0.2) is 0 Å². The number of Topliss-reactive ketones (excluding diaryl/α,β-unsaturated/α-hetero) is 1. The van der Waals surface area contributed by atoms with Gasteiger partial charge in [-0.05, 0) is 53.6 Å². The summed E-state index contributed by atoms with van der Waals surface area (Å²) in [4.78, 5) is 27.7. The van der Waals surface area contributed by atoms with Crippen molar-refractivity contribution in [2.24, 2.45) is 0 Å². The van der Waals surface area contributed by atoms with Crippen LogP contribution in [0.25, 0.3) is 5.76 Å². The number of carbonyl (C=O) groups is 2. The molecule has 1 saturated heterocycles. The highest BCUT2D eigenvalue weighted by Gasteiger charge is 2.47. The third-order valence-corrected chi connectivity index (χ3v) is 5.96. The second-order valence-corrected chi connectivity index (χ2v) is 7.86. The number of benzene rings is 3. The summed E-state index contributed by atoms with van der Waals surface area (Å²) in [7, 11) is 1.52. The number of aliphatic hydroxyl groups is 1. The molecule has 0 spiro atoms. The molecule has 2 aliphatic heterocycles. The average molecular weight is 443 g/mol. The van der Waals surface area contributed by atoms with Gasteiger partial charge in [0.15, 0.2) is 0 Å². The molecule has 3 aromatic rings. The number of ether oxygens (including phenoxy) is 2. The standard InChI is InChI=1S/C26H21NO6/c1-32-18-6-4-5-16(14-18)23-22(24(29)17-9-10-21-15(13-17)11-12-33-21)25(30)26(31)27(23)19-7-2-3-8-20(19)28/h2-10,13-14,23,28-29H,11-12H2,1H3/b24-22-. The van der Waals surface area contributed by atoms with E-state index in [-0.39, 0.29) is 22.8 Å². The molecule has 0 radical (unpaired) electrons. The number of methoxy groups -OCH3 is 1. The van der Waals surface area contributed by atoms with Gasteiger partial charge in [0.2, 0.25) is 0 Å². The van der Waals surface area contributed by atoms with Gasteiger partial charge < -0.3 is 19.7 Å². The van der Waals surface area contributed by atoms with Crippen LogP contribution in [0.1, 0.15) is 22.7 Å². The third kappa shape index (κ3) is 3.38. The summed E-state index contributed by atoms with van der Waals surface area (Å²) in [6.45, 7) is 0.557. The van der Waals surface area contributed by atoms with Crippen molar-refractivity contribution in [1.82, 2.24) is 0 Å². The molecule has 0 saturated carbocycles.